The smallest absolute Gasteiger partial charge is 0.232 e. The molecule has 0 radical (unpaired) electrons. The largest absolute Gasteiger partial charge is 0.437 e. The predicted molar refractivity (Wildman–Crippen MR) is 169 cm³/mol. The lowest BCUT2D eigenvalue weighted by atomic mass is 10.1. The van der Waals surface area contributed by atoms with Crippen LogP contribution in [0.4, 0.5) is 0 Å². The zero-order valence-electron chi connectivity index (χ0n) is 22.8. The molecule has 0 spiro atoms. The van der Waals surface area contributed by atoms with Crippen molar-refractivity contribution in [2.75, 3.05) is 0 Å². The standard InChI is InChI=1S/C36H22N6O/c1-4-12-23(13-5-1)32-38-33(24-14-6-2-7-15-24)40-34(39-32)25-20-21-29-28(22-25)37-36-41(26-16-8-3-9-17-26)35-31(42(29)36)27-18-10-11-19-30(27)43-35/h1-22H. The van der Waals surface area contributed by atoms with Crippen molar-refractivity contribution in [2.24, 2.45) is 0 Å². The molecule has 9 aromatic rings. The summed E-state index contributed by atoms with van der Waals surface area (Å²) in [5.41, 5.74) is 8.12. The number of rotatable bonds is 4. The Hall–Kier alpha value is -6.08. The first-order valence-corrected chi connectivity index (χ1v) is 14.1. The Morgan fingerprint density at radius 1 is 0.512 bits per heavy atom. The van der Waals surface area contributed by atoms with Crippen LogP contribution in [0.1, 0.15) is 0 Å². The van der Waals surface area contributed by atoms with Crippen molar-refractivity contribution in [1.29, 1.82) is 0 Å². The van der Waals surface area contributed by atoms with Gasteiger partial charge in [0.2, 0.25) is 11.5 Å². The molecule has 43 heavy (non-hydrogen) atoms. The highest BCUT2D eigenvalue weighted by Crippen LogP contribution is 2.36. The first-order valence-electron chi connectivity index (χ1n) is 14.1. The molecule has 0 amide bonds. The van der Waals surface area contributed by atoms with Gasteiger partial charge in [0.05, 0.1) is 16.7 Å². The van der Waals surface area contributed by atoms with Crippen molar-refractivity contribution >= 4 is 39.0 Å². The first kappa shape index (κ1) is 23.6. The molecule has 0 bridgehead atoms. The number of para-hydroxylation sites is 2. The van der Waals surface area contributed by atoms with E-state index < -0.39 is 0 Å². The van der Waals surface area contributed by atoms with Crippen LogP contribution >= 0.6 is 0 Å². The van der Waals surface area contributed by atoms with Crippen LogP contribution in [0.2, 0.25) is 0 Å². The summed E-state index contributed by atoms with van der Waals surface area (Å²) in [6.45, 7) is 0. The molecule has 7 nitrogen and oxygen atoms in total. The fourth-order valence-electron chi connectivity index (χ4n) is 5.80. The Morgan fingerprint density at radius 3 is 1.77 bits per heavy atom. The SMILES string of the molecule is c1ccc(-c2nc(-c3ccccc3)nc(-c3ccc4c(c3)nc3n(-c5ccccc5)c5oc6ccccc6c5n43)n2)cc1. The molecule has 202 valence electrons. The summed E-state index contributed by atoms with van der Waals surface area (Å²) in [6.07, 6.45) is 0. The minimum absolute atomic E-state index is 0.595. The number of aromatic nitrogens is 6. The van der Waals surface area contributed by atoms with E-state index in [2.05, 4.69) is 45.4 Å². The summed E-state index contributed by atoms with van der Waals surface area (Å²) >= 11 is 0. The molecule has 0 atom stereocenters. The van der Waals surface area contributed by atoms with Crippen LogP contribution in [0.3, 0.4) is 0 Å². The zero-order valence-corrected chi connectivity index (χ0v) is 22.8. The van der Waals surface area contributed by atoms with Crippen molar-refractivity contribution in [3.05, 3.63) is 133 Å². The summed E-state index contributed by atoms with van der Waals surface area (Å²) < 4.78 is 10.7. The van der Waals surface area contributed by atoms with Gasteiger partial charge in [-0.05, 0) is 42.5 Å². The van der Waals surface area contributed by atoms with Gasteiger partial charge in [-0.2, -0.15) is 0 Å². The van der Waals surface area contributed by atoms with E-state index in [1.165, 1.54) is 0 Å². The van der Waals surface area contributed by atoms with E-state index in [0.717, 1.165) is 61.4 Å². The maximum absolute atomic E-state index is 6.41. The second-order valence-electron chi connectivity index (χ2n) is 10.4. The maximum Gasteiger partial charge on any atom is 0.232 e. The number of hydrogen-bond acceptors (Lipinski definition) is 5. The van der Waals surface area contributed by atoms with Crippen LogP contribution in [-0.2, 0) is 0 Å². The highest BCUT2D eigenvalue weighted by atomic mass is 16.3. The van der Waals surface area contributed by atoms with Gasteiger partial charge in [-0.25, -0.2) is 24.5 Å². The molecule has 0 N–H and O–H groups in total. The van der Waals surface area contributed by atoms with Gasteiger partial charge in [0.25, 0.3) is 0 Å². The molecular weight excluding hydrogens is 532 g/mol. The summed E-state index contributed by atoms with van der Waals surface area (Å²) in [5, 5.41) is 1.04. The van der Waals surface area contributed by atoms with Crippen molar-refractivity contribution in [3.8, 4) is 39.9 Å². The number of furan rings is 1. The van der Waals surface area contributed by atoms with Crippen LogP contribution in [0.5, 0.6) is 0 Å². The van der Waals surface area contributed by atoms with Crippen LogP contribution < -0.4 is 0 Å². The molecule has 0 aliphatic rings. The summed E-state index contributed by atoms with van der Waals surface area (Å²) in [4.78, 5) is 19.8. The predicted octanol–water partition coefficient (Wildman–Crippen LogP) is 8.36. The maximum atomic E-state index is 6.41. The highest BCUT2D eigenvalue weighted by molar-refractivity contribution is 6.06. The van der Waals surface area contributed by atoms with E-state index in [1.54, 1.807) is 0 Å². The molecule has 5 aromatic carbocycles. The average Bonchev–Trinajstić information content (AvgIpc) is 3.72. The summed E-state index contributed by atoms with van der Waals surface area (Å²) in [6, 6.07) is 44.5. The Bertz CT molecular complexity index is 2380. The molecular formula is C36H22N6O. The quantitative estimate of drug-likeness (QED) is 0.219. The van der Waals surface area contributed by atoms with Crippen LogP contribution in [0.25, 0.3) is 78.9 Å². The number of hydrogen-bond donors (Lipinski definition) is 0. The molecule has 0 saturated carbocycles. The lowest BCUT2D eigenvalue weighted by molar-refractivity contribution is 0.645. The first-order chi connectivity index (χ1) is 21.3. The second kappa shape index (κ2) is 9.22. The van der Waals surface area contributed by atoms with Crippen LogP contribution in [0, 0.1) is 0 Å². The Kier molecular flexibility index (Phi) is 5.06. The Balaban J connectivity index is 1.30. The van der Waals surface area contributed by atoms with Gasteiger partial charge in [-0.1, -0.05) is 91.0 Å². The number of fused-ring (bicyclic) bond motifs is 7. The Labute approximate surface area is 245 Å². The molecule has 0 unspecified atom stereocenters. The van der Waals surface area contributed by atoms with Crippen molar-refractivity contribution in [3.63, 3.8) is 0 Å². The van der Waals surface area contributed by atoms with Crippen molar-refractivity contribution in [2.45, 2.75) is 0 Å². The number of benzene rings is 5. The fourth-order valence-corrected chi connectivity index (χ4v) is 5.80. The van der Waals surface area contributed by atoms with E-state index >= 15 is 0 Å². The van der Waals surface area contributed by atoms with E-state index in [1.807, 2.05) is 97.1 Å². The third-order valence-electron chi connectivity index (χ3n) is 7.79. The fraction of sp³-hybridized carbons (Fsp3) is 0. The van der Waals surface area contributed by atoms with Gasteiger partial charge in [-0.15, -0.1) is 0 Å². The van der Waals surface area contributed by atoms with Gasteiger partial charge in [0.1, 0.15) is 11.1 Å². The number of imidazole rings is 2. The molecule has 4 heterocycles. The molecule has 7 heteroatoms. The topological polar surface area (TPSA) is 74.0 Å². The van der Waals surface area contributed by atoms with Crippen LogP contribution in [-0.4, -0.2) is 28.9 Å². The van der Waals surface area contributed by atoms with Gasteiger partial charge in [0, 0.05) is 22.1 Å². The van der Waals surface area contributed by atoms with Gasteiger partial charge >= 0.3 is 0 Å². The van der Waals surface area contributed by atoms with Gasteiger partial charge < -0.3 is 4.42 Å². The molecule has 0 saturated heterocycles. The summed E-state index contributed by atoms with van der Waals surface area (Å²) in [7, 11) is 0. The second-order valence-corrected chi connectivity index (χ2v) is 10.4. The summed E-state index contributed by atoms with van der Waals surface area (Å²) in [5.74, 6) is 2.63. The highest BCUT2D eigenvalue weighted by Gasteiger charge is 2.23. The Morgan fingerprint density at radius 2 is 1.09 bits per heavy atom. The third-order valence-corrected chi connectivity index (χ3v) is 7.79. The van der Waals surface area contributed by atoms with Crippen LogP contribution in [0.15, 0.2) is 138 Å². The lowest BCUT2D eigenvalue weighted by Gasteiger charge is -2.08. The molecule has 0 aliphatic carbocycles. The molecule has 4 aromatic heterocycles. The van der Waals surface area contributed by atoms with E-state index in [-0.39, 0.29) is 0 Å². The lowest BCUT2D eigenvalue weighted by Crippen LogP contribution is -2.00. The molecule has 0 fully saturated rings. The minimum Gasteiger partial charge on any atom is -0.437 e. The van der Waals surface area contributed by atoms with Crippen molar-refractivity contribution < 1.29 is 4.42 Å². The molecule has 0 aliphatic heterocycles. The van der Waals surface area contributed by atoms with Gasteiger partial charge in [0.15, 0.2) is 17.5 Å². The van der Waals surface area contributed by atoms with E-state index in [9.17, 15) is 0 Å². The minimum atomic E-state index is 0.595. The average molecular weight is 555 g/mol. The van der Waals surface area contributed by atoms with Crippen molar-refractivity contribution in [1.82, 2.24) is 28.9 Å². The monoisotopic (exact) mass is 554 g/mol. The normalized spacial score (nSPS) is 11.7. The number of nitrogens with zero attached hydrogens (tertiary/aromatic N) is 6. The van der Waals surface area contributed by atoms with E-state index in [4.69, 9.17) is 24.4 Å². The van der Waals surface area contributed by atoms with E-state index in [0.29, 0.717) is 17.5 Å². The zero-order chi connectivity index (χ0) is 28.3. The molecule has 9 rings (SSSR count). The van der Waals surface area contributed by atoms with Gasteiger partial charge in [-0.3, -0.25) is 4.40 Å². The third kappa shape index (κ3) is 3.68.